The van der Waals surface area contributed by atoms with Gasteiger partial charge in [0.15, 0.2) is 0 Å². The summed E-state index contributed by atoms with van der Waals surface area (Å²) in [4.78, 5) is 41.3. The van der Waals surface area contributed by atoms with Crippen LogP contribution < -0.4 is 0 Å². The van der Waals surface area contributed by atoms with Crippen LogP contribution in [0.25, 0.3) is 0 Å². The summed E-state index contributed by atoms with van der Waals surface area (Å²) in [7, 11) is 0. The molecule has 244 valence electrons. The summed E-state index contributed by atoms with van der Waals surface area (Å²) in [5, 5.41) is 38.0. The molecule has 1 unspecified atom stereocenters. The van der Waals surface area contributed by atoms with E-state index in [1.54, 1.807) is 6.08 Å². The molecule has 10 heteroatoms. The van der Waals surface area contributed by atoms with Gasteiger partial charge in [-0.05, 0) is 64.2 Å². The molecule has 42 heavy (non-hydrogen) atoms. The zero-order valence-electron chi connectivity index (χ0n) is 26.1. The maximum absolute atomic E-state index is 11.0. The molecule has 0 saturated heterocycles. The second-order valence-electron chi connectivity index (χ2n) is 11.0. The summed E-state index contributed by atoms with van der Waals surface area (Å²) >= 11 is 0. The Hall–Kier alpha value is -2.78. The van der Waals surface area contributed by atoms with Crippen LogP contribution in [0.1, 0.15) is 155 Å². The number of nitro groups is 2. The fraction of sp³-hybridized carbons (Fsp3) is 0.812. The van der Waals surface area contributed by atoms with Crippen molar-refractivity contribution < 1.29 is 29.6 Å². The summed E-state index contributed by atoms with van der Waals surface area (Å²) in [6.45, 7) is 2.26. The van der Waals surface area contributed by atoms with E-state index in [4.69, 9.17) is 10.2 Å². The Bertz CT molecular complexity index is 740. The predicted molar refractivity (Wildman–Crippen MR) is 168 cm³/mol. The first-order chi connectivity index (χ1) is 20.2. The van der Waals surface area contributed by atoms with E-state index in [0.717, 1.165) is 96.0 Å². The summed E-state index contributed by atoms with van der Waals surface area (Å²) < 4.78 is 0. The SMILES string of the molecule is CCCCCCCC(CCCCCC=CC(=O)O)[N+](=O)[O-].O=C(O)CCCCCCC/C=C/CCCCCC[N+](=O)[O-]. The van der Waals surface area contributed by atoms with E-state index in [1.807, 2.05) is 0 Å². The third-order valence-electron chi connectivity index (χ3n) is 7.00. The number of aliphatic carboxylic acids is 2. The van der Waals surface area contributed by atoms with Crippen LogP contribution in [0.3, 0.4) is 0 Å². The lowest BCUT2D eigenvalue weighted by atomic mass is 10.0. The standard InChI is InChI=1S/2C16H29NO4/c1-2-3-4-6-9-12-15(17(20)21)13-10-7-5-8-11-14-16(18)19;18-16(19)14-12-10-8-6-4-2-1-3-5-7-9-11-13-15-17(20)21/h11,14-15H,2-10,12-13H2,1H3,(H,18,19);1,3H,2,4-15H2,(H,18,19)/b;3-1+. The minimum atomic E-state index is -0.925. The van der Waals surface area contributed by atoms with E-state index < -0.39 is 18.0 Å². The molecule has 0 amide bonds. The first-order valence-electron chi connectivity index (χ1n) is 16.2. The van der Waals surface area contributed by atoms with Crippen molar-refractivity contribution in [2.24, 2.45) is 0 Å². The van der Waals surface area contributed by atoms with Crippen molar-refractivity contribution in [1.29, 1.82) is 0 Å². The van der Waals surface area contributed by atoms with Crippen LogP contribution in [0.4, 0.5) is 0 Å². The van der Waals surface area contributed by atoms with E-state index >= 15 is 0 Å². The lowest BCUT2D eigenvalue weighted by Gasteiger charge is -2.09. The number of allylic oxidation sites excluding steroid dienone is 3. The normalized spacial score (nSPS) is 11.8. The molecule has 0 rings (SSSR count). The number of rotatable bonds is 29. The van der Waals surface area contributed by atoms with E-state index in [-0.39, 0.29) is 16.4 Å². The van der Waals surface area contributed by atoms with Gasteiger partial charge in [0.2, 0.25) is 12.6 Å². The maximum Gasteiger partial charge on any atom is 0.327 e. The van der Waals surface area contributed by atoms with Crippen LogP contribution in [-0.4, -0.2) is 44.6 Å². The van der Waals surface area contributed by atoms with Crippen LogP contribution in [0.15, 0.2) is 24.3 Å². The monoisotopic (exact) mass is 598 g/mol. The second-order valence-corrected chi connectivity index (χ2v) is 11.0. The Labute approximate surface area is 253 Å². The molecular formula is C32H58N2O8. The predicted octanol–water partition coefficient (Wildman–Crippen LogP) is 9.17. The van der Waals surface area contributed by atoms with Crippen molar-refractivity contribution in [2.75, 3.05) is 6.54 Å². The summed E-state index contributed by atoms with van der Waals surface area (Å²) in [6, 6.07) is -0.402. The molecule has 0 aliphatic heterocycles. The number of carboxylic acid groups (broad SMARTS) is 2. The number of carboxylic acids is 2. The quantitative estimate of drug-likeness (QED) is 0.0283. The van der Waals surface area contributed by atoms with Gasteiger partial charge in [-0.3, -0.25) is 25.0 Å². The van der Waals surface area contributed by atoms with Crippen LogP contribution >= 0.6 is 0 Å². The number of nitrogens with zero attached hydrogens (tertiary/aromatic N) is 2. The van der Waals surface area contributed by atoms with Gasteiger partial charge in [-0.15, -0.1) is 0 Å². The Morgan fingerprint density at radius 2 is 1.10 bits per heavy atom. The highest BCUT2D eigenvalue weighted by Gasteiger charge is 2.18. The van der Waals surface area contributed by atoms with Gasteiger partial charge in [0.1, 0.15) is 0 Å². The van der Waals surface area contributed by atoms with E-state index in [1.165, 1.54) is 32.1 Å². The van der Waals surface area contributed by atoms with Crippen LogP contribution in [0, 0.1) is 20.2 Å². The Kier molecular flexibility index (Phi) is 32.2. The highest BCUT2D eigenvalue weighted by Crippen LogP contribution is 2.15. The molecular weight excluding hydrogens is 540 g/mol. The van der Waals surface area contributed by atoms with Crippen LogP contribution in [0.2, 0.25) is 0 Å². The average molecular weight is 599 g/mol. The highest BCUT2D eigenvalue weighted by molar-refractivity contribution is 5.79. The summed E-state index contributed by atoms with van der Waals surface area (Å²) in [5.74, 6) is -1.62. The van der Waals surface area contributed by atoms with Crippen LogP contribution in [-0.2, 0) is 9.59 Å². The molecule has 0 aliphatic rings. The molecule has 0 heterocycles. The molecule has 2 N–H and O–H groups in total. The third kappa shape index (κ3) is 37.2. The second kappa shape index (κ2) is 32.7. The molecule has 0 fully saturated rings. The first-order valence-corrected chi connectivity index (χ1v) is 16.2. The molecule has 0 spiro atoms. The number of unbranched alkanes of at least 4 members (excludes halogenated alkanes) is 16. The summed E-state index contributed by atoms with van der Waals surface area (Å²) in [5.41, 5.74) is 0. The lowest BCUT2D eigenvalue weighted by Crippen LogP contribution is -2.19. The number of hydrogen-bond donors (Lipinski definition) is 2. The Morgan fingerprint density at radius 3 is 1.60 bits per heavy atom. The average Bonchev–Trinajstić information content (AvgIpc) is 2.93. The van der Waals surface area contributed by atoms with Crippen molar-refractivity contribution >= 4 is 11.9 Å². The van der Waals surface area contributed by atoms with Crippen molar-refractivity contribution in [3.8, 4) is 0 Å². The van der Waals surface area contributed by atoms with Crippen molar-refractivity contribution in [3.63, 3.8) is 0 Å². The Morgan fingerprint density at radius 1 is 0.643 bits per heavy atom. The van der Waals surface area contributed by atoms with Gasteiger partial charge in [-0.25, -0.2) is 4.79 Å². The van der Waals surface area contributed by atoms with Crippen LogP contribution in [0.5, 0.6) is 0 Å². The molecule has 0 bridgehead atoms. The molecule has 0 radical (unpaired) electrons. The van der Waals surface area contributed by atoms with Gasteiger partial charge < -0.3 is 10.2 Å². The smallest absolute Gasteiger partial charge is 0.327 e. The lowest BCUT2D eigenvalue weighted by molar-refractivity contribution is -0.524. The minimum absolute atomic E-state index is 0.0995. The van der Waals surface area contributed by atoms with Gasteiger partial charge in [0.05, 0.1) is 0 Å². The van der Waals surface area contributed by atoms with Crippen molar-refractivity contribution in [1.82, 2.24) is 0 Å². The van der Waals surface area contributed by atoms with Crippen molar-refractivity contribution in [3.05, 3.63) is 44.5 Å². The molecule has 1 atom stereocenters. The van der Waals surface area contributed by atoms with Crippen molar-refractivity contribution in [2.45, 2.75) is 161 Å². The molecule has 0 aromatic carbocycles. The highest BCUT2D eigenvalue weighted by atomic mass is 16.6. The van der Waals surface area contributed by atoms with Gasteiger partial charge in [-0.1, -0.05) is 82.9 Å². The van der Waals surface area contributed by atoms with E-state index in [0.29, 0.717) is 25.7 Å². The zero-order chi connectivity index (χ0) is 31.7. The van der Waals surface area contributed by atoms with Gasteiger partial charge in [-0.2, -0.15) is 0 Å². The maximum atomic E-state index is 11.0. The van der Waals surface area contributed by atoms with Gasteiger partial charge in [0.25, 0.3) is 0 Å². The van der Waals surface area contributed by atoms with Gasteiger partial charge in [0, 0.05) is 41.6 Å². The fourth-order valence-corrected chi connectivity index (χ4v) is 4.50. The summed E-state index contributed by atoms with van der Waals surface area (Å²) in [6.07, 6.45) is 29.1. The minimum Gasteiger partial charge on any atom is -0.481 e. The third-order valence-corrected chi connectivity index (χ3v) is 7.00. The topological polar surface area (TPSA) is 161 Å². The Balaban J connectivity index is 0. The molecule has 0 aromatic heterocycles. The molecule has 0 saturated carbocycles. The number of carbonyl (C=O) groups is 2. The molecule has 0 aromatic rings. The largest absolute Gasteiger partial charge is 0.481 e. The molecule has 0 aliphatic carbocycles. The fourth-order valence-electron chi connectivity index (χ4n) is 4.50. The number of hydrogen-bond acceptors (Lipinski definition) is 6. The molecule has 10 nitrogen and oxygen atoms in total. The van der Waals surface area contributed by atoms with E-state index in [9.17, 15) is 29.8 Å². The van der Waals surface area contributed by atoms with Gasteiger partial charge >= 0.3 is 11.9 Å². The zero-order valence-corrected chi connectivity index (χ0v) is 26.1. The first kappa shape index (κ1) is 41.4. The van der Waals surface area contributed by atoms with E-state index in [2.05, 4.69) is 19.1 Å².